The van der Waals surface area contributed by atoms with Gasteiger partial charge in [-0.1, -0.05) is 0 Å². The second kappa shape index (κ2) is 7.02. The van der Waals surface area contributed by atoms with Crippen molar-refractivity contribution in [3.05, 3.63) is 28.8 Å². The maximum atomic E-state index is 11.9. The number of nitrogens with one attached hydrogen (secondary N) is 1. The second-order valence-corrected chi connectivity index (χ2v) is 4.65. The summed E-state index contributed by atoms with van der Waals surface area (Å²) in [6, 6.07) is 2.47. The van der Waals surface area contributed by atoms with Crippen LogP contribution in [0.1, 0.15) is 27.9 Å². The number of rotatable bonds is 6. The summed E-state index contributed by atoms with van der Waals surface area (Å²) < 4.78 is 4.86. The first kappa shape index (κ1) is 16.1. The van der Waals surface area contributed by atoms with Gasteiger partial charge in [-0.15, -0.1) is 0 Å². The molecule has 0 bridgehead atoms. The van der Waals surface area contributed by atoms with Crippen molar-refractivity contribution < 1.29 is 19.4 Å². The number of carboxylic acid groups (broad SMARTS) is 1. The molecular formula is C14H20N2O4. The molecule has 6 nitrogen and oxygen atoms in total. The van der Waals surface area contributed by atoms with E-state index in [0.29, 0.717) is 24.3 Å². The van der Waals surface area contributed by atoms with Gasteiger partial charge in [0.15, 0.2) is 0 Å². The van der Waals surface area contributed by atoms with E-state index in [0.717, 1.165) is 5.56 Å². The van der Waals surface area contributed by atoms with Crippen LogP contribution in [0, 0.1) is 13.8 Å². The maximum absolute atomic E-state index is 11.9. The largest absolute Gasteiger partial charge is 0.478 e. The van der Waals surface area contributed by atoms with Crippen LogP contribution in [-0.4, -0.2) is 36.7 Å². The molecule has 0 heterocycles. The summed E-state index contributed by atoms with van der Waals surface area (Å²) >= 11 is 0. The van der Waals surface area contributed by atoms with Gasteiger partial charge in [0.05, 0.1) is 11.6 Å². The molecule has 1 unspecified atom stereocenters. The van der Waals surface area contributed by atoms with Crippen molar-refractivity contribution in [3.8, 4) is 0 Å². The van der Waals surface area contributed by atoms with Crippen molar-refractivity contribution in [1.29, 1.82) is 0 Å². The molecule has 20 heavy (non-hydrogen) atoms. The second-order valence-electron chi connectivity index (χ2n) is 4.65. The minimum atomic E-state index is -1.02. The molecule has 0 radical (unpaired) electrons. The van der Waals surface area contributed by atoms with Crippen LogP contribution in [-0.2, 0) is 9.53 Å². The van der Waals surface area contributed by atoms with Crippen LogP contribution in [0.5, 0.6) is 0 Å². The Bertz CT molecular complexity index is 514. The Morgan fingerprint density at radius 2 is 2.05 bits per heavy atom. The molecule has 1 rings (SSSR count). The molecule has 0 aliphatic rings. The van der Waals surface area contributed by atoms with E-state index in [1.165, 1.54) is 13.2 Å². The topological polar surface area (TPSA) is 102 Å². The lowest BCUT2D eigenvalue weighted by Gasteiger charge is -2.14. The molecule has 1 amide bonds. The first-order chi connectivity index (χ1) is 9.36. The summed E-state index contributed by atoms with van der Waals surface area (Å²) in [7, 11) is 1.53. The minimum Gasteiger partial charge on any atom is -0.478 e. The van der Waals surface area contributed by atoms with E-state index in [9.17, 15) is 9.59 Å². The first-order valence-electron chi connectivity index (χ1n) is 6.26. The zero-order chi connectivity index (χ0) is 15.3. The molecule has 4 N–H and O–H groups in total. The van der Waals surface area contributed by atoms with Crippen LogP contribution in [0.25, 0.3) is 0 Å². The summed E-state index contributed by atoms with van der Waals surface area (Å²) in [4.78, 5) is 23.0. The van der Waals surface area contributed by atoms with Crippen molar-refractivity contribution in [2.45, 2.75) is 26.3 Å². The van der Waals surface area contributed by atoms with Crippen LogP contribution in [0.2, 0.25) is 0 Å². The summed E-state index contributed by atoms with van der Waals surface area (Å²) in [6.07, 6.45) is 0.402. The van der Waals surface area contributed by atoms with E-state index in [2.05, 4.69) is 5.32 Å². The van der Waals surface area contributed by atoms with Crippen molar-refractivity contribution in [1.82, 2.24) is 0 Å². The Labute approximate surface area is 117 Å². The van der Waals surface area contributed by atoms with Gasteiger partial charge in [0.1, 0.15) is 0 Å². The lowest BCUT2D eigenvalue weighted by Crippen LogP contribution is -2.36. The third kappa shape index (κ3) is 4.04. The lowest BCUT2D eigenvalue weighted by molar-refractivity contribution is -0.117. The molecular weight excluding hydrogens is 260 g/mol. The number of amides is 1. The average Bonchev–Trinajstić information content (AvgIpc) is 2.39. The molecule has 0 fully saturated rings. The van der Waals surface area contributed by atoms with Crippen LogP contribution in [0.3, 0.4) is 0 Å². The predicted octanol–water partition coefficient (Wildman–Crippen LogP) is 1.30. The number of methoxy groups -OCH3 is 1. The number of benzene rings is 1. The van der Waals surface area contributed by atoms with Crippen LogP contribution >= 0.6 is 0 Å². The number of aryl methyl sites for hydroxylation is 1. The summed E-state index contributed by atoms with van der Waals surface area (Å²) in [5.74, 6) is -1.38. The average molecular weight is 280 g/mol. The van der Waals surface area contributed by atoms with Gasteiger partial charge in [0.2, 0.25) is 5.91 Å². The molecule has 0 aromatic heterocycles. The van der Waals surface area contributed by atoms with Gasteiger partial charge in [0, 0.05) is 19.4 Å². The number of nitrogens with two attached hydrogens (primary N) is 1. The third-order valence-corrected chi connectivity index (χ3v) is 3.14. The number of aromatic carboxylic acids is 1. The zero-order valence-electron chi connectivity index (χ0n) is 11.9. The molecule has 0 saturated heterocycles. The Hall–Kier alpha value is -1.92. The third-order valence-electron chi connectivity index (χ3n) is 3.14. The zero-order valence-corrected chi connectivity index (χ0v) is 11.9. The van der Waals surface area contributed by atoms with Gasteiger partial charge >= 0.3 is 5.97 Å². The summed E-state index contributed by atoms with van der Waals surface area (Å²) in [6.45, 7) is 3.92. The molecule has 6 heteroatoms. The van der Waals surface area contributed by atoms with E-state index in [4.69, 9.17) is 15.6 Å². The fourth-order valence-corrected chi connectivity index (χ4v) is 1.76. The molecule has 1 atom stereocenters. The normalized spacial score (nSPS) is 12.0. The van der Waals surface area contributed by atoms with E-state index in [-0.39, 0.29) is 11.5 Å². The number of anilines is 1. The van der Waals surface area contributed by atoms with Gasteiger partial charge in [-0.05, 0) is 43.5 Å². The van der Waals surface area contributed by atoms with Gasteiger partial charge < -0.3 is 20.9 Å². The van der Waals surface area contributed by atoms with E-state index >= 15 is 0 Å². The number of hydrogen-bond donors (Lipinski definition) is 3. The first-order valence-corrected chi connectivity index (χ1v) is 6.26. The molecule has 1 aromatic rings. The number of carbonyl (C=O) groups excluding carboxylic acids is 1. The highest BCUT2D eigenvalue weighted by Crippen LogP contribution is 2.20. The quantitative estimate of drug-likeness (QED) is 0.729. The Balaban J connectivity index is 2.88. The monoisotopic (exact) mass is 280 g/mol. The Kier molecular flexibility index (Phi) is 5.66. The van der Waals surface area contributed by atoms with Crippen molar-refractivity contribution in [2.24, 2.45) is 5.73 Å². The number of carbonyl (C=O) groups is 2. The van der Waals surface area contributed by atoms with Crippen molar-refractivity contribution >= 4 is 17.6 Å². The number of hydrogen-bond acceptors (Lipinski definition) is 4. The van der Waals surface area contributed by atoms with E-state index in [1.807, 2.05) is 0 Å². The Morgan fingerprint density at radius 3 is 2.60 bits per heavy atom. The molecule has 0 aliphatic heterocycles. The number of carboxylic acids is 1. The lowest BCUT2D eigenvalue weighted by atomic mass is 10.0. The van der Waals surface area contributed by atoms with Gasteiger partial charge in [-0.25, -0.2) is 4.79 Å². The number of ether oxygens (including phenoxy) is 1. The predicted molar refractivity (Wildman–Crippen MR) is 76.0 cm³/mol. The molecule has 110 valence electrons. The maximum Gasteiger partial charge on any atom is 0.336 e. The summed E-state index contributed by atoms with van der Waals surface area (Å²) in [5, 5.41) is 11.8. The van der Waals surface area contributed by atoms with Crippen molar-refractivity contribution in [3.63, 3.8) is 0 Å². The highest BCUT2D eigenvalue weighted by molar-refractivity contribution is 5.97. The fourth-order valence-electron chi connectivity index (χ4n) is 1.76. The standard InChI is InChI=1S/C14H20N2O4/c1-8-6-10(7-11(9(8)2)14(18)19)16-13(17)12(15)4-5-20-3/h6-7,12H,4-5,15H2,1-3H3,(H,16,17)(H,18,19). The molecule has 1 aromatic carbocycles. The van der Waals surface area contributed by atoms with Crippen molar-refractivity contribution in [2.75, 3.05) is 19.0 Å². The van der Waals surface area contributed by atoms with E-state index in [1.54, 1.807) is 19.9 Å². The highest BCUT2D eigenvalue weighted by atomic mass is 16.5. The smallest absolute Gasteiger partial charge is 0.336 e. The molecule has 0 saturated carbocycles. The molecule has 0 spiro atoms. The Morgan fingerprint density at radius 1 is 1.40 bits per heavy atom. The fraction of sp³-hybridized carbons (Fsp3) is 0.429. The summed E-state index contributed by atoms with van der Waals surface area (Å²) in [5.41, 5.74) is 7.79. The van der Waals surface area contributed by atoms with E-state index < -0.39 is 12.0 Å². The highest BCUT2D eigenvalue weighted by Gasteiger charge is 2.16. The molecule has 0 aliphatic carbocycles. The minimum absolute atomic E-state index is 0.172. The van der Waals surface area contributed by atoms with Crippen LogP contribution in [0.15, 0.2) is 12.1 Å². The SMILES string of the molecule is COCCC(N)C(=O)Nc1cc(C)c(C)c(C(=O)O)c1. The van der Waals surface area contributed by atoms with Crippen LogP contribution in [0.4, 0.5) is 5.69 Å². The van der Waals surface area contributed by atoms with Crippen LogP contribution < -0.4 is 11.1 Å². The van der Waals surface area contributed by atoms with Gasteiger partial charge in [-0.2, -0.15) is 0 Å². The van der Waals surface area contributed by atoms with Gasteiger partial charge in [-0.3, -0.25) is 4.79 Å². The van der Waals surface area contributed by atoms with Gasteiger partial charge in [0.25, 0.3) is 0 Å².